The summed E-state index contributed by atoms with van der Waals surface area (Å²) in [5.41, 5.74) is 0. The van der Waals surface area contributed by atoms with Gasteiger partial charge in [0.05, 0.1) is 6.42 Å². The standard InChI is InChI=1S/C6H10O2S2/c7-6(8)3-5-4-9-1-2-10-5/h5H,1-4H2,(H,7,8)/t5-/m0/s1. The van der Waals surface area contributed by atoms with E-state index in [4.69, 9.17) is 5.11 Å². The molecule has 0 unspecified atom stereocenters. The molecule has 0 bridgehead atoms. The smallest absolute Gasteiger partial charge is 0.304 e. The second-order valence-electron chi connectivity index (χ2n) is 2.17. The van der Waals surface area contributed by atoms with E-state index in [0.717, 1.165) is 11.5 Å². The van der Waals surface area contributed by atoms with Gasteiger partial charge >= 0.3 is 5.97 Å². The monoisotopic (exact) mass is 178 g/mol. The molecule has 0 aromatic heterocycles. The Labute approximate surface area is 68.8 Å². The fraction of sp³-hybridized carbons (Fsp3) is 0.833. The first-order valence-electron chi connectivity index (χ1n) is 3.20. The Morgan fingerprint density at radius 3 is 2.90 bits per heavy atom. The minimum atomic E-state index is -0.667. The highest BCUT2D eigenvalue weighted by Gasteiger charge is 2.16. The molecular formula is C6H10O2S2. The molecule has 58 valence electrons. The molecular weight excluding hydrogens is 168 g/mol. The predicted molar refractivity (Wildman–Crippen MR) is 45.8 cm³/mol. The van der Waals surface area contributed by atoms with Crippen LogP contribution in [0.1, 0.15) is 6.42 Å². The van der Waals surface area contributed by atoms with Crippen molar-refractivity contribution in [1.82, 2.24) is 0 Å². The van der Waals surface area contributed by atoms with E-state index in [1.807, 2.05) is 11.8 Å². The Morgan fingerprint density at radius 2 is 2.40 bits per heavy atom. The second-order valence-corrected chi connectivity index (χ2v) is 4.72. The zero-order valence-corrected chi connectivity index (χ0v) is 7.21. The number of thioether (sulfide) groups is 2. The number of carboxylic acids is 1. The third kappa shape index (κ3) is 2.84. The van der Waals surface area contributed by atoms with Crippen LogP contribution in [-0.2, 0) is 4.79 Å². The van der Waals surface area contributed by atoms with Gasteiger partial charge in [0.25, 0.3) is 0 Å². The van der Waals surface area contributed by atoms with Crippen molar-refractivity contribution in [3.05, 3.63) is 0 Å². The summed E-state index contributed by atoms with van der Waals surface area (Å²) in [6, 6.07) is 0. The van der Waals surface area contributed by atoms with Gasteiger partial charge in [0, 0.05) is 22.5 Å². The van der Waals surface area contributed by atoms with Gasteiger partial charge in [-0.2, -0.15) is 23.5 Å². The number of hydrogen-bond acceptors (Lipinski definition) is 3. The largest absolute Gasteiger partial charge is 0.481 e. The van der Waals surface area contributed by atoms with Crippen LogP contribution in [0.4, 0.5) is 0 Å². The maximum absolute atomic E-state index is 10.2. The number of carbonyl (C=O) groups is 1. The number of rotatable bonds is 2. The number of aliphatic carboxylic acids is 1. The molecule has 0 radical (unpaired) electrons. The predicted octanol–water partition coefficient (Wildman–Crippen LogP) is 1.31. The van der Waals surface area contributed by atoms with Gasteiger partial charge in [-0.1, -0.05) is 0 Å². The first kappa shape index (κ1) is 8.27. The summed E-state index contributed by atoms with van der Waals surface area (Å²) in [6.45, 7) is 0. The van der Waals surface area contributed by atoms with Crippen LogP contribution in [0.5, 0.6) is 0 Å². The highest BCUT2D eigenvalue weighted by molar-refractivity contribution is 8.06. The molecule has 1 saturated heterocycles. The van der Waals surface area contributed by atoms with Crippen molar-refractivity contribution in [3.8, 4) is 0 Å². The first-order chi connectivity index (χ1) is 4.79. The highest BCUT2D eigenvalue weighted by atomic mass is 32.2. The summed E-state index contributed by atoms with van der Waals surface area (Å²) >= 11 is 3.65. The molecule has 0 aromatic rings. The summed E-state index contributed by atoms with van der Waals surface area (Å²) < 4.78 is 0. The van der Waals surface area contributed by atoms with E-state index < -0.39 is 5.97 Å². The molecule has 1 N–H and O–H groups in total. The van der Waals surface area contributed by atoms with Crippen LogP contribution in [-0.4, -0.2) is 33.6 Å². The Bertz CT molecular complexity index is 121. The molecule has 0 amide bonds. The van der Waals surface area contributed by atoms with Gasteiger partial charge in [0.15, 0.2) is 0 Å². The van der Waals surface area contributed by atoms with Crippen molar-refractivity contribution in [2.24, 2.45) is 0 Å². The molecule has 1 atom stereocenters. The topological polar surface area (TPSA) is 37.3 Å². The van der Waals surface area contributed by atoms with Crippen molar-refractivity contribution in [3.63, 3.8) is 0 Å². The fourth-order valence-corrected chi connectivity index (χ4v) is 3.52. The molecule has 1 aliphatic rings. The molecule has 4 heteroatoms. The molecule has 0 aliphatic carbocycles. The quantitative estimate of drug-likeness (QED) is 0.692. The van der Waals surface area contributed by atoms with Gasteiger partial charge < -0.3 is 5.11 Å². The van der Waals surface area contributed by atoms with Gasteiger partial charge in [-0.25, -0.2) is 0 Å². The van der Waals surface area contributed by atoms with E-state index in [-0.39, 0.29) is 0 Å². The molecule has 2 nitrogen and oxygen atoms in total. The van der Waals surface area contributed by atoms with Gasteiger partial charge in [0.1, 0.15) is 0 Å². The third-order valence-electron chi connectivity index (χ3n) is 1.29. The van der Waals surface area contributed by atoms with E-state index in [1.54, 1.807) is 11.8 Å². The maximum Gasteiger partial charge on any atom is 0.304 e. The lowest BCUT2D eigenvalue weighted by Crippen LogP contribution is -2.17. The Morgan fingerprint density at radius 1 is 1.60 bits per heavy atom. The highest BCUT2D eigenvalue weighted by Crippen LogP contribution is 2.25. The van der Waals surface area contributed by atoms with Crippen molar-refractivity contribution in [2.45, 2.75) is 11.7 Å². The van der Waals surface area contributed by atoms with E-state index >= 15 is 0 Å². The second kappa shape index (κ2) is 4.13. The molecule has 0 saturated carbocycles. The molecule has 1 fully saturated rings. The summed E-state index contributed by atoms with van der Waals surface area (Å²) in [7, 11) is 0. The van der Waals surface area contributed by atoms with E-state index in [0.29, 0.717) is 11.7 Å². The van der Waals surface area contributed by atoms with Crippen molar-refractivity contribution in [1.29, 1.82) is 0 Å². The molecule has 1 heterocycles. The molecule has 1 aliphatic heterocycles. The summed E-state index contributed by atoms with van der Waals surface area (Å²) in [5, 5.41) is 8.80. The van der Waals surface area contributed by atoms with Crippen molar-refractivity contribution < 1.29 is 9.90 Å². The maximum atomic E-state index is 10.2. The normalized spacial score (nSPS) is 26.2. The van der Waals surface area contributed by atoms with Gasteiger partial charge in [-0.05, 0) is 0 Å². The van der Waals surface area contributed by atoms with Crippen LogP contribution in [0.15, 0.2) is 0 Å². The van der Waals surface area contributed by atoms with Gasteiger partial charge in [-0.3, -0.25) is 4.79 Å². The molecule has 1 rings (SSSR count). The average Bonchev–Trinajstić information content (AvgIpc) is 1.88. The summed E-state index contributed by atoms with van der Waals surface area (Å²) in [4.78, 5) is 10.2. The minimum absolute atomic E-state index is 0.331. The van der Waals surface area contributed by atoms with Gasteiger partial charge in [0.2, 0.25) is 0 Å². The zero-order chi connectivity index (χ0) is 7.40. The summed E-state index contributed by atoms with van der Waals surface area (Å²) in [5.74, 6) is 2.64. The van der Waals surface area contributed by atoms with E-state index in [1.165, 1.54) is 5.75 Å². The lowest BCUT2D eigenvalue weighted by molar-refractivity contribution is -0.136. The van der Waals surface area contributed by atoms with Crippen molar-refractivity contribution in [2.75, 3.05) is 17.3 Å². The average molecular weight is 178 g/mol. The molecule has 0 spiro atoms. The Kier molecular flexibility index (Phi) is 3.42. The van der Waals surface area contributed by atoms with Crippen LogP contribution in [0.25, 0.3) is 0 Å². The zero-order valence-electron chi connectivity index (χ0n) is 5.58. The number of hydrogen-bond donors (Lipinski definition) is 1. The SMILES string of the molecule is O=C(O)C[C@H]1CSCCS1. The van der Waals surface area contributed by atoms with Crippen molar-refractivity contribution >= 4 is 29.5 Å². The Balaban J connectivity index is 2.19. The van der Waals surface area contributed by atoms with Gasteiger partial charge in [-0.15, -0.1) is 0 Å². The van der Waals surface area contributed by atoms with Crippen LogP contribution in [0.2, 0.25) is 0 Å². The molecule has 10 heavy (non-hydrogen) atoms. The van der Waals surface area contributed by atoms with Crippen LogP contribution in [0.3, 0.4) is 0 Å². The van der Waals surface area contributed by atoms with E-state index in [2.05, 4.69) is 0 Å². The minimum Gasteiger partial charge on any atom is -0.481 e. The van der Waals surface area contributed by atoms with Crippen LogP contribution >= 0.6 is 23.5 Å². The lowest BCUT2D eigenvalue weighted by Gasteiger charge is -2.18. The fourth-order valence-electron chi connectivity index (χ4n) is 0.849. The van der Waals surface area contributed by atoms with Crippen LogP contribution in [0, 0.1) is 0 Å². The lowest BCUT2D eigenvalue weighted by atomic mass is 10.3. The molecule has 0 aromatic carbocycles. The number of carboxylic acid groups (broad SMARTS) is 1. The third-order valence-corrected chi connectivity index (χ3v) is 4.13. The van der Waals surface area contributed by atoms with Crippen LogP contribution < -0.4 is 0 Å². The summed E-state index contributed by atoms with van der Waals surface area (Å²) in [6.07, 6.45) is 0.331. The van der Waals surface area contributed by atoms with E-state index in [9.17, 15) is 4.79 Å². The first-order valence-corrected chi connectivity index (χ1v) is 5.40. The Hall–Kier alpha value is 0.170.